The van der Waals surface area contributed by atoms with Crippen molar-refractivity contribution in [2.45, 2.75) is 6.42 Å². The summed E-state index contributed by atoms with van der Waals surface area (Å²) >= 11 is 0. The van der Waals surface area contributed by atoms with Gasteiger partial charge in [0, 0.05) is 24.1 Å². The molecule has 0 aliphatic carbocycles. The van der Waals surface area contributed by atoms with Crippen molar-refractivity contribution < 1.29 is 13.9 Å². The summed E-state index contributed by atoms with van der Waals surface area (Å²) < 4.78 is 20.3. The molecule has 124 valence electrons. The standard InChI is InChI=1S/C19H19FN2O2/c1-22-13-14(17-4-2-3-5-18(17)22)12-19(23)21-10-11-24-16-8-6-15(20)7-9-16/h2-9,13H,10-12H2,1H3,(H,21,23). The first-order chi connectivity index (χ1) is 11.6. The van der Waals surface area contributed by atoms with Crippen molar-refractivity contribution in [3.8, 4) is 5.75 Å². The van der Waals surface area contributed by atoms with Crippen LogP contribution in [0.2, 0.25) is 0 Å². The predicted molar refractivity (Wildman–Crippen MR) is 91.5 cm³/mol. The van der Waals surface area contributed by atoms with E-state index in [1.807, 2.05) is 42.1 Å². The molecule has 0 saturated carbocycles. The van der Waals surface area contributed by atoms with Crippen molar-refractivity contribution in [2.24, 2.45) is 7.05 Å². The topological polar surface area (TPSA) is 43.3 Å². The van der Waals surface area contributed by atoms with Crippen molar-refractivity contribution in [2.75, 3.05) is 13.2 Å². The minimum atomic E-state index is -0.300. The summed E-state index contributed by atoms with van der Waals surface area (Å²) in [4.78, 5) is 12.1. The van der Waals surface area contributed by atoms with Crippen LogP contribution in [-0.4, -0.2) is 23.6 Å². The van der Waals surface area contributed by atoms with E-state index in [1.165, 1.54) is 12.1 Å². The lowest BCUT2D eigenvalue weighted by Gasteiger charge is -2.07. The third-order valence-corrected chi connectivity index (χ3v) is 3.84. The summed E-state index contributed by atoms with van der Waals surface area (Å²) in [5, 5.41) is 3.93. The SMILES string of the molecule is Cn1cc(CC(=O)NCCOc2ccc(F)cc2)c2ccccc21. The second kappa shape index (κ2) is 7.17. The van der Waals surface area contributed by atoms with Crippen LogP contribution in [0.5, 0.6) is 5.75 Å². The van der Waals surface area contributed by atoms with E-state index < -0.39 is 0 Å². The highest BCUT2D eigenvalue weighted by atomic mass is 19.1. The van der Waals surface area contributed by atoms with Crippen molar-refractivity contribution in [1.29, 1.82) is 0 Å². The highest BCUT2D eigenvalue weighted by molar-refractivity contribution is 5.89. The van der Waals surface area contributed by atoms with E-state index in [4.69, 9.17) is 4.74 Å². The smallest absolute Gasteiger partial charge is 0.224 e. The number of amides is 1. The van der Waals surface area contributed by atoms with Crippen LogP contribution in [0, 0.1) is 5.82 Å². The molecule has 0 bridgehead atoms. The van der Waals surface area contributed by atoms with E-state index in [9.17, 15) is 9.18 Å². The molecule has 0 aliphatic heterocycles. The maximum atomic E-state index is 12.8. The van der Waals surface area contributed by atoms with Crippen LogP contribution in [0.4, 0.5) is 4.39 Å². The summed E-state index contributed by atoms with van der Waals surface area (Å²) in [5.41, 5.74) is 2.12. The Labute approximate surface area is 139 Å². The molecule has 3 aromatic rings. The number of halogens is 1. The number of aryl methyl sites for hydroxylation is 1. The third kappa shape index (κ3) is 3.74. The van der Waals surface area contributed by atoms with E-state index in [2.05, 4.69) is 5.32 Å². The first-order valence-electron chi connectivity index (χ1n) is 7.81. The zero-order valence-corrected chi connectivity index (χ0v) is 13.5. The van der Waals surface area contributed by atoms with Gasteiger partial charge >= 0.3 is 0 Å². The number of hydrogen-bond acceptors (Lipinski definition) is 2. The van der Waals surface area contributed by atoms with Gasteiger partial charge in [-0.15, -0.1) is 0 Å². The minimum Gasteiger partial charge on any atom is -0.492 e. The fourth-order valence-corrected chi connectivity index (χ4v) is 2.69. The molecule has 1 amide bonds. The second-order valence-corrected chi connectivity index (χ2v) is 5.61. The molecule has 0 fully saturated rings. The van der Waals surface area contributed by atoms with Crippen LogP contribution in [0.25, 0.3) is 10.9 Å². The molecule has 0 unspecified atom stereocenters. The Morgan fingerprint density at radius 2 is 1.92 bits per heavy atom. The molecule has 3 rings (SSSR count). The summed E-state index contributed by atoms with van der Waals surface area (Å²) in [6.45, 7) is 0.744. The summed E-state index contributed by atoms with van der Waals surface area (Å²) in [6.07, 6.45) is 2.32. The van der Waals surface area contributed by atoms with Gasteiger partial charge in [0.05, 0.1) is 13.0 Å². The fraction of sp³-hybridized carbons (Fsp3) is 0.211. The average Bonchev–Trinajstić information content (AvgIpc) is 2.90. The number of ether oxygens (including phenoxy) is 1. The number of para-hydroxylation sites is 1. The Morgan fingerprint density at radius 1 is 1.17 bits per heavy atom. The molecule has 0 spiro atoms. The maximum Gasteiger partial charge on any atom is 0.224 e. The minimum absolute atomic E-state index is 0.0472. The highest BCUT2D eigenvalue weighted by Crippen LogP contribution is 2.20. The molecule has 1 heterocycles. The van der Waals surface area contributed by atoms with Crippen LogP contribution in [0.15, 0.2) is 54.7 Å². The Kier molecular flexibility index (Phi) is 4.79. The van der Waals surface area contributed by atoms with Crippen LogP contribution < -0.4 is 10.1 Å². The van der Waals surface area contributed by atoms with Gasteiger partial charge in [-0.1, -0.05) is 18.2 Å². The van der Waals surface area contributed by atoms with Crippen LogP contribution in [0.3, 0.4) is 0 Å². The maximum absolute atomic E-state index is 12.8. The Balaban J connectivity index is 1.49. The summed E-state index contributed by atoms with van der Waals surface area (Å²) in [6, 6.07) is 13.8. The second-order valence-electron chi connectivity index (χ2n) is 5.61. The van der Waals surface area contributed by atoms with E-state index in [0.717, 1.165) is 16.5 Å². The molecule has 1 aromatic heterocycles. The number of benzene rings is 2. The van der Waals surface area contributed by atoms with Gasteiger partial charge in [0.25, 0.3) is 0 Å². The zero-order chi connectivity index (χ0) is 16.9. The lowest BCUT2D eigenvalue weighted by Crippen LogP contribution is -2.29. The van der Waals surface area contributed by atoms with Crippen molar-refractivity contribution >= 4 is 16.8 Å². The van der Waals surface area contributed by atoms with E-state index in [-0.39, 0.29) is 11.7 Å². The monoisotopic (exact) mass is 326 g/mol. The van der Waals surface area contributed by atoms with Gasteiger partial charge < -0.3 is 14.6 Å². The van der Waals surface area contributed by atoms with E-state index in [0.29, 0.717) is 25.3 Å². The number of nitrogens with one attached hydrogen (secondary N) is 1. The van der Waals surface area contributed by atoms with Gasteiger partial charge in [-0.25, -0.2) is 4.39 Å². The lowest BCUT2D eigenvalue weighted by atomic mass is 10.1. The largest absolute Gasteiger partial charge is 0.492 e. The van der Waals surface area contributed by atoms with Crippen LogP contribution in [-0.2, 0) is 18.3 Å². The number of carbonyl (C=O) groups is 1. The molecular weight excluding hydrogens is 307 g/mol. The zero-order valence-electron chi connectivity index (χ0n) is 13.5. The number of nitrogens with zero attached hydrogens (tertiary/aromatic N) is 1. The highest BCUT2D eigenvalue weighted by Gasteiger charge is 2.10. The molecule has 0 aliphatic rings. The third-order valence-electron chi connectivity index (χ3n) is 3.84. The first kappa shape index (κ1) is 16.1. The fourth-order valence-electron chi connectivity index (χ4n) is 2.69. The van der Waals surface area contributed by atoms with Crippen molar-refractivity contribution in [3.63, 3.8) is 0 Å². The quantitative estimate of drug-likeness (QED) is 0.708. The van der Waals surface area contributed by atoms with Crippen LogP contribution >= 0.6 is 0 Å². The van der Waals surface area contributed by atoms with E-state index >= 15 is 0 Å². The summed E-state index contributed by atoms with van der Waals surface area (Å²) in [7, 11) is 1.97. The summed E-state index contributed by atoms with van der Waals surface area (Å²) in [5.74, 6) is 0.236. The van der Waals surface area contributed by atoms with Crippen molar-refractivity contribution in [1.82, 2.24) is 9.88 Å². The number of carbonyl (C=O) groups excluding carboxylic acids is 1. The van der Waals surface area contributed by atoms with Crippen LogP contribution in [0.1, 0.15) is 5.56 Å². The normalized spacial score (nSPS) is 10.8. The van der Waals surface area contributed by atoms with Gasteiger partial charge in [0.15, 0.2) is 0 Å². The van der Waals surface area contributed by atoms with Crippen molar-refractivity contribution in [3.05, 3.63) is 66.1 Å². The van der Waals surface area contributed by atoms with E-state index in [1.54, 1.807) is 12.1 Å². The van der Waals surface area contributed by atoms with Gasteiger partial charge in [0.2, 0.25) is 5.91 Å². The molecule has 0 atom stereocenters. The molecular formula is C19H19FN2O2. The van der Waals surface area contributed by atoms with Gasteiger partial charge in [0.1, 0.15) is 18.2 Å². The van der Waals surface area contributed by atoms with Gasteiger partial charge in [-0.05, 0) is 35.9 Å². The molecule has 0 saturated heterocycles. The lowest BCUT2D eigenvalue weighted by molar-refractivity contribution is -0.120. The number of fused-ring (bicyclic) bond motifs is 1. The van der Waals surface area contributed by atoms with Gasteiger partial charge in [-0.3, -0.25) is 4.79 Å². The number of rotatable bonds is 6. The Bertz CT molecular complexity index is 840. The molecule has 24 heavy (non-hydrogen) atoms. The molecule has 2 aromatic carbocycles. The number of hydrogen-bond donors (Lipinski definition) is 1. The Morgan fingerprint density at radius 3 is 2.71 bits per heavy atom. The molecule has 0 radical (unpaired) electrons. The predicted octanol–water partition coefficient (Wildman–Crippen LogP) is 3.06. The number of aromatic nitrogens is 1. The average molecular weight is 326 g/mol. The van der Waals surface area contributed by atoms with Gasteiger partial charge in [-0.2, -0.15) is 0 Å². The molecule has 1 N–H and O–H groups in total. The Hall–Kier alpha value is -2.82. The first-order valence-corrected chi connectivity index (χ1v) is 7.81. The molecule has 4 nitrogen and oxygen atoms in total. The molecule has 5 heteroatoms.